The zero-order valence-corrected chi connectivity index (χ0v) is 15.9. The van der Waals surface area contributed by atoms with E-state index in [0.29, 0.717) is 21.7 Å². The first kappa shape index (κ1) is 17.4. The van der Waals surface area contributed by atoms with E-state index >= 15 is 0 Å². The Labute approximate surface area is 157 Å². The van der Waals surface area contributed by atoms with Crippen LogP contribution in [-0.2, 0) is 4.57 Å². The zero-order chi connectivity index (χ0) is 19.2. The lowest BCUT2D eigenvalue weighted by Crippen LogP contribution is -2.36. The minimum atomic E-state index is -3.67. The van der Waals surface area contributed by atoms with E-state index in [1.807, 2.05) is 38.1 Å². The summed E-state index contributed by atoms with van der Waals surface area (Å²) in [4.78, 5) is 26.1. The molecule has 0 radical (unpaired) electrons. The molecule has 0 N–H and O–H groups in total. The normalized spacial score (nSPS) is 13.8. The molecule has 0 unspecified atom stereocenters. The van der Waals surface area contributed by atoms with Crippen LogP contribution in [0.2, 0.25) is 0 Å². The maximum absolute atomic E-state index is 14.4. The lowest BCUT2D eigenvalue weighted by Gasteiger charge is -2.27. The van der Waals surface area contributed by atoms with Crippen molar-refractivity contribution in [1.29, 1.82) is 0 Å². The smallest absolute Gasteiger partial charge is 0.267 e. The molecule has 4 rings (SSSR count). The third kappa shape index (κ3) is 2.65. The third-order valence-electron chi connectivity index (χ3n) is 4.82. The first-order valence-corrected chi connectivity index (χ1v) is 10.3. The molecular formula is C22H18NO3P. The van der Waals surface area contributed by atoms with Gasteiger partial charge in [-0.25, -0.2) is 4.67 Å². The summed E-state index contributed by atoms with van der Waals surface area (Å²) in [5, 5.41) is 0.929. The van der Waals surface area contributed by atoms with Crippen molar-refractivity contribution in [2.75, 3.05) is 0 Å². The van der Waals surface area contributed by atoms with E-state index in [1.165, 1.54) is 0 Å². The molecule has 0 fully saturated rings. The van der Waals surface area contributed by atoms with Crippen molar-refractivity contribution in [1.82, 2.24) is 4.67 Å². The molecule has 0 saturated heterocycles. The Balaban J connectivity index is 1.96. The van der Waals surface area contributed by atoms with Gasteiger partial charge in [-0.1, -0.05) is 47.5 Å². The number of benzene rings is 3. The van der Waals surface area contributed by atoms with Crippen LogP contribution < -0.4 is 10.6 Å². The topological polar surface area (TPSA) is 54.5 Å². The summed E-state index contributed by atoms with van der Waals surface area (Å²) in [6.07, 6.45) is 0. The second kappa shape index (κ2) is 6.33. The number of carbonyl (C=O) groups is 2. The molecule has 0 aliphatic carbocycles. The molecule has 0 atom stereocenters. The lowest BCUT2D eigenvalue weighted by molar-refractivity contribution is 0.0765. The van der Waals surface area contributed by atoms with Gasteiger partial charge < -0.3 is 0 Å². The van der Waals surface area contributed by atoms with E-state index in [4.69, 9.17) is 0 Å². The first-order chi connectivity index (χ1) is 12.9. The Kier molecular flexibility index (Phi) is 4.09. The zero-order valence-electron chi connectivity index (χ0n) is 15.0. The second-order valence-electron chi connectivity index (χ2n) is 6.71. The fourth-order valence-electron chi connectivity index (χ4n) is 3.31. The minimum absolute atomic E-state index is 0.293. The highest BCUT2D eigenvalue weighted by Gasteiger charge is 2.48. The van der Waals surface area contributed by atoms with Gasteiger partial charge in [0.2, 0.25) is 7.29 Å². The fourth-order valence-corrected chi connectivity index (χ4v) is 5.90. The summed E-state index contributed by atoms with van der Waals surface area (Å²) in [6.45, 7) is 3.87. The Hall–Kier alpha value is -2.97. The molecule has 3 aromatic rings. The summed E-state index contributed by atoms with van der Waals surface area (Å²) < 4.78 is 15.4. The molecule has 1 aliphatic rings. The number of rotatable bonds is 3. The maximum atomic E-state index is 14.4. The van der Waals surface area contributed by atoms with Crippen molar-refractivity contribution in [2.45, 2.75) is 13.8 Å². The van der Waals surface area contributed by atoms with Gasteiger partial charge in [0.1, 0.15) is 0 Å². The molecule has 1 heterocycles. The molecule has 1 aliphatic heterocycles. The fraction of sp³-hybridized carbons (Fsp3) is 0.0909. The highest BCUT2D eigenvalue weighted by atomic mass is 31.2. The summed E-state index contributed by atoms with van der Waals surface area (Å²) in [5.41, 5.74) is 2.61. The number of hydrogen-bond acceptors (Lipinski definition) is 3. The monoisotopic (exact) mass is 375 g/mol. The number of amides is 2. The van der Waals surface area contributed by atoms with Gasteiger partial charge in [0.05, 0.1) is 11.1 Å². The summed E-state index contributed by atoms with van der Waals surface area (Å²) >= 11 is 0. The highest BCUT2D eigenvalue weighted by Crippen LogP contribution is 2.51. The molecule has 0 aromatic heterocycles. The summed E-state index contributed by atoms with van der Waals surface area (Å²) in [5.74, 6) is -1.03. The van der Waals surface area contributed by atoms with Crippen molar-refractivity contribution in [3.8, 4) is 0 Å². The second-order valence-corrected chi connectivity index (χ2v) is 9.30. The highest BCUT2D eigenvalue weighted by molar-refractivity contribution is 7.77. The van der Waals surface area contributed by atoms with E-state index in [2.05, 4.69) is 0 Å². The Morgan fingerprint density at radius 3 is 1.37 bits per heavy atom. The van der Waals surface area contributed by atoms with Gasteiger partial charge in [0, 0.05) is 10.6 Å². The predicted molar refractivity (Wildman–Crippen MR) is 106 cm³/mol. The SMILES string of the molecule is Cc1ccc(P(=O)(c2ccc(C)cc2)N2C(=O)c3ccccc3C2=O)cc1. The molecule has 3 aromatic carbocycles. The Morgan fingerprint density at radius 1 is 0.630 bits per heavy atom. The molecule has 0 spiro atoms. The number of nitrogens with zero attached hydrogens (tertiary/aromatic N) is 1. The number of carbonyl (C=O) groups excluding carboxylic acids is 2. The summed E-state index contributed by atoms with van der Waals surface area (Å²) in [6, 6.07) is 20.9. The molecule has 134 valence electrons. The van der Waals surface area contributed by atoms with Crippen LogP contribution in [0.1, 0.15) is 31.8 Å². The van der Waals surface area contributed by atoms with Crippen molar-refractivity contribution in [2.24, 2.45) is 0 Å². The van der Waals surface area contributed by atoms with E-state index in [0.717, 1.165) is 15.8 Å². The minimum Gasteiger partial charge on any atom is -0.289 e. The van der Waals surface area contributed by atoms with Crippen molar-refractivity contribution in [3.63, 3.8) is 0 Å². The van der Waals surface area contributed by atoms with Crippen molar-refractivity contribution < 1.29 is 14.2 Å². The lowest BCUT2D eigenvalue weighted by atomic mass is 10.1. The van der Waals surface area contributed by atoms with Crippen LogP contribution in [0.25, 0.3) is 0 Å². The van der Waals surface area contributed by atoms with Crippen LogP contribution in [0, 0.1) is 13.8 Å². The van der Waals surface area contributed by atoms with Gasteiger partial charge in [-0.05, 0) is 50.2 Å². The molecular weight excluding hydrogens is 357 g/mol. The Morgan fingerprint density at radius 2 is 1.00 bits per heavy atom. The largest absolute Gasteiger partial charge is 0.289 e. The number of fused-ring (bicyclic) bond motifs is 1. The average molecular weight is 375 g/mol. The van der Waals surface area contributed by atoms with Crippen LogP contribution in [0.5, 0.6) is 0 Å². The van der Waals surface area contributed by atoms with Crippen LogP contribution >= 0.6 is 7.29 Å². The van der Waals surface area contributed by atoms with E-state index in [1.54, 1.807) is 48.5 Å². The third-order valence-corrected chi connectivity index (χ3v) is 7.74. The van der Waals surface area contributed by atoms with Crippen LogP contribution in [-0.4, -0.2) is 16.5 Å². The van der Waals surface area contributed by atoms with Crippen LogP contribution in [0.3, 0.4) is 0 Å². The number of imide groups is 1. The van der Waals surface area contributed by atoms with Gasteiger partial charge in [0.15, 0.2) is 0 Å². The Bertz CT molecular complexity index is 1020. The molecule has 0 bridgehead atoms. The summed E-state index contributed by atoms with van der Waals surface area (Å²) in [7, 11) is -3.67. The molecule has 4 nitrogen and oxygen atoms in total. The molecule has 5 heteroatoms. The van der Waals surface area contributed by atoms with Crippen LogP contribution in [0.4, 0.5) is 0 Å². The van der Waals surface area contributed by atoms with Crippen LogP contribution in [0.15, 0.2) is 72.8 Å². The first-order valence-electron chi connectivity index (χ1n) is 8.66. The standard InChI is InChI=1S/C22H18NO3P/c1-15-7-11-17(12-8-15)27(26,18-13-9-16(2)10-14-18)23-21(24)19-5-3-4-6-20(19)22(23)25/h3-14H,1-2H3. The van der Waals surface area contributed by atoms with Crippen molar-refractivity contribution >= 4 is 29.7 Å². The van der Waals surface area contributed by atoms with E-state index < -0.39 is 19.1 Å². The maximum Gasteiger partial charge on any atom is 0.267 e. The quantitative estimate of drug-likeness (QED) is 0.516. The van der Waals surface area contributed by atoms with Gasteiger partial charge in [-0.15, -0.1) is 0 Å². The number of hydrogen-bond donors (Lipinski definition) is 0. The average Bonchev–Trinajstić information content (AvgIpc) is 2.94. The van der Waals surface area contributed by atoms with E-state index in [-0.39, 0.29) is 0 Å². The van der Waals surface area contributed by atoms with Gasteiger partial charge in [-0.2, -0.15) is 0 Å². The van der Waals surface area contributed by atoms with Gasteiger partial charge in [0.25, 0.3) is 11.8 Å². The van der Waals surface area contributed by atoms with Gasteiger partial charge >= 0.3 is 0 Å². The van der Waals surface area contributed by atoms with E-state index in [9.17, 15) is 14.2 Å². The molecule has 27 heavy (non-hydrogen) atoms. The van der Waals surface area contributed by atoms with Gasteiger partial charge in [-0.3, -0.25) is 14.2 Å². The molecule has 2 amide bonds. The van der Waals surface area contributed by atoms with Crippen molar-refractivity contribution in [3.05, 3.63) is 95.1 Å². The number of aryl methyl sites for hydroxylation is 2. The predicted octanol–water partition coefficient (Wildman–Crippen LogP) is 3.83. The molecule has 0 saturated carbocycles.